The number of carbonyl (C=O) groups is 1. The first-order valence-electron chi connectivity index (χ1n) is 8.12. The molecule has 2 heterocycles. The molecular weight excluding hydrogens is 262 g/mol. The molecule has 2 N–H and O–H groups in total. The number of hydrogen-bond acceptors (Lipinski definition) is 3. The molecule has 0 bridgehead atoms. The molecule has 1 amide bonds. The summed E-state index contributed by atoms with van der Waals surface area (Å²) in [6.45, 7) is 4.79. The van der Waals surface area contributed by atoms with Crippen LogP contribution in [-0.2, 0) is 4.79 Å². The van der Waals surface area contributed by atoms with E-state index in [1.54, 1.807) is 0 Å². The third-order valence-corrected chi connectivity index (χ3v) is 4.67. The van der Waals surface area contributed by atoms with Crippen molar-refractivity contribution in [2.24, 2.45) is 5.92 Å². The van der Waals surface area contributed by atoms with E-state index in [-0.39, 0.29) is 11.8 Å². The predicted molar refractivity (Wildman–Crippen MR) is 84.0 cm³/mol. The number of nitrogens with zero attached hydrogens (tertiary/aromatic N) is 1. The van der Waals surface area contributed by atoms with E-state index < -0.39 is 0 Å². The molecule has 1 aromatic carbocycles. The van der Waals surface area contributed by atoms with Crippen molar-refractivity contribution in [1.29, 1.82) is 0 Å². The highest BCUT2D eigenvalue weighted by molar-refractivity contribution is 5.79. The smallest absolute Gasteiger partial charge is 0.224 e. The van der Waals surface area contributed by atoms with Gasteiger partial charge in [0.15, 0.2) is 0 Å². The number of hydrogen-bond donors (Lipinski definition) is 2. The van der Waals surface area contributed by atoms with Crippen molar-refractivity contribution in [2.45, 2.75) is 25.3 Å². The fraction of sp³-hybridized carbons (Fsp3) is 0.588. The van der Waals surface area contributed by atoms with Crippen LogP contribution in [0.1, 0.15) is 30.9 Å². The van der Waals surface area contributed by atoms with Gasteiger partial charge in [-0.25, -0.2) is 0 Å². The fourth-order valence-corrected chi connectivity index (χ4v) is 3.41. The van der Waals surface area contributed by atoms with Gasteiger partial charge in [-0.15, -0.1) is 0 Å². The summed E-state index contributed by atoms with van der Waals surface area (Å²) in [4.78, 5) is 14.7. The Kier molecular flexibility index (Phi) is 4.88. The highest BCUT2D eigenvalue weighted by Crippen LogP contribution is 2.24. The molecule has 2 aliphatic rings. The Morgan fingerprint density at radius 1 is 1.29 bits per heavy atom. The second-order valence-electron chi connectivity index (χ2n) is 6.10. The number of rotatable bonds is 5. The zero-order valence-corrected chi connectivity index (χ0v) is 12.6. The molecule has 4 heteroatoms. The van der Waals surface area contributed by atoms with Crippen molar-refractivity contribution in [1.82, 2.24) is 15.5 Å². The van der Waals surface area contributed by atoms with Gasteiger partial charge >= 0.3 is 0 Å². The molecule has 21 heavy (non-hydrogen) atoms. The lowest BCUT2D eigenvalue weighted by molar-refractivity contribution is -0.124. The molecule has 2 atom stereocenters. The average molecular weight is 287 g/mol. The number of likely N-dealkylation sites (tertiary alicyclic amines) is 1. The lowest BCUT2D eigenvalue weighted by Gasteiger charge is -2.28. The van der Waals surface area contributed by atoms with E-state index in [4.69, 9.17) is 0 Å². The lowest BCUT2D eigenvalue weighted by Crippen LogP contribution is -2.39. The van der Waals surface area contributed by atoms with Crippen LogP contribution in [0.15, 0.2) is 30.3 Å². The van der Waals surface area contributed by atoms with Gasteiger partial charge in [-0.2, -0.15) is 0 Å². The molecule has 0 saturated carbocycles. The number of nitrogens with one attached hydrogen (secondary N) is 2. The molecule has 2 aliphatic heterocycles. The van der Waals surface area contributed by atoms with E-state index in [0.717, 1.165) is 39.1 Å². The van der Waals surface area contributed by atoms with Gasteiger partial charge in [-0.05, 0) is 44.5 Å². The van der Waals surface area contributed by atoms with E-state index in [1.807, 2.05) is 6.07 Å². The van der Waals surface area contributed by atoms with Gasteiger partial charge in [0.2, 0.25) is 5.91 Å². The summed E-state index contributed by atoms with van der Waals surface area (Å²) in [5.41, 5.74) is 1.31. The van der Waals surface area contributed by atoms with Crippen molar-refractivity contribution in [3.05, 3.63) is 35.9 Å². The second kappa shape index (κ2) is 7.05. The predicted octanol–water partition coefficient (Wildman–Crippen LogP) is 1.55. The Balaban J connectivity index is 1.63. The van der Waals surface area contributed by atoms with Gasteiger partial charge < -0.3 is 10.6 Å². The number of amides is 1. The van der Waals surface area contributed by atoms with E-state index in [9.17, 15) is 4.79 Å². The Morgan fingerprint density at radius 3 is 2.71 bits per heavy atom. The van der Waals surface area contributed by atoms with Crippen molar-refractivity contribution in [2.75, 3.05) is 32.7 Å². The quantitative estimate of drug-likeness (QED) is 0.863. The Hall–Kier alpha value is -1.39. The molecular formula is C17H25N3O. The Bertz CT molecular complexity index is 450. The van der Waals surface area contributed by atoms with Crippen LogP contribution in [0, 0.1) is 5.92 Å². The normalized spacial score (nSPS) is 24.1. The minimum atomic E-state index is 0.153. The molecule has 2 fully saturated rings. The van der Waals surface area contributed by atoms with Crippen LogP contribution >= 0.6 is 0 Å². The molecule has 0 radical (unpaired) electrons. The van der Waals surface area contributed by atoms with Gasteiger partial charge in [0.05, 0.1) is 12.0 Å². The molecule has 4 nitrogen and oxygen atoms in total. The van der Waals surface area contributed by atoms with Crippen molar-refractivity contribution < 1.29 is 4.79 Å². The standard InChI is InChI=1S/C17H25N3O/c21-17(15-8-9-18-12-15)19-13-16(20-10-4-5-11-20)14-6-2-1-3-7-14/h1-3,6-7,15-16,18H,4-5,8-13H2,(H,19,21). The maximum absolute atomic E-state index is 12.2. The molecule has 0 aromatic heterocycles. The third-order valence-electron chi connectivity index (χ3n) is 4.67. The second-order valence-corrected chi connectivity index (χ2v) is 6.10. The van der Waals surface area contributed by atoms with Gasteiger partial charge in [0.25, 0.3) is 0 Å². The van der Waals surface area contributed by atoms with Gasteiger partial charge in [-0.3, -0.25) is 9.69 Å². The molecule has 2 unspecified atom stereocenters. The summed E-state index contributed by atoms with van der Waals surface area (Å²) in [5.74, 6) is 0.361. The topological polar surface area (TPSA) is 44.4 Å². The van der Waals surface area contributed by atoms with Crippen LogP contribution in [0.25, 0.3) is 0 Å². The minimum Gasteiger partial charge on any atom is -0.354 e. The van der Waals surface area contributed by atoms with Crippen LogP contribution in [0.2, 0.25) is 0 Å². The lowest BCUT2D eigenvalue weighted by atomic mass is 10.0. The van der Waals surface area contributed by atoms with Crippen LogP contribution < -0.4 is 10.6 Å². The number of benzene rings is 1. The molecule has 3 rings (SSSR count). The van der Waals surface area contributed by atoms with E-state index in [1.165, 1.54) is 18.4 Å². The summed E-state index contributed by atoms with van der Waals surface area (Å²) in [5, 5.41) is 6.44. The van der Waals surface area contributed by atoms with E-state index in [2.05, 4.69) is 39.8 Å². The largest absolute Gasteiger partial charge is 0.354 e. The minimum absolute atomic E-state index is 0.153. The van der Waals surface area contributed by atoms with Gasteiger partial charge in [0.1, 0.15) is 0 Å². The monoisotopic (exact) mass is 287 g/mol. The molecule has 0 spiro atoms. The summed E-state index contributed by atoms with van der Waals surface area (Å²) in [6, 6.07) is 10.9. The first-order valence-corrected chi connectivity index (χ1v) is 8.12. The van der Waals surface area contributed by atoms with E-state index >= 15 is 0 Å². The molecule has 114 valence electrons. The highest BCUT2D eigenvalue weighted by atomic mass is 16.1. The number of carbonyl (C=O) groups excluding carboxylic acids is 1. The van der Waals surface area contributed by atoms with E-state index in [0.29, 0.717) is 6.04 Å². The molecule has 1 aromatic rings. The highest BCUT2D eigenvalue weighted by Gasteiger charge is 2.26. The first kappa shape index (κ1) is 14.5. The van der Waals surface area contributed by atoms with Crippen molar-refractivity contribution in [3.8, 4) is 0 Å². The van der Waals surface area contributed by atoms with Crippen LogP contribution in [0.4, 0.5) is 0 Å². The Morgan fingerprint density at radius 2 is 2.05 bits per heavy atom. The third kappa shape index (κ3) is 3.63. The summed E-state index contributed by atoms with van der Waals surface area (Å²) in [6.07, 6.45) is 3.50. The van der Waals surface area contributed by atoms with Crippen LogP contribution in [0.3, 0.4) is 0 Å². The first-order chi connectivity index (χ1) is 10.3. The van der Waals surface area contributed by atoms with Crippen LogP contribution in [-0.4, -0.2) is 43.5 Å². The molecule has 0 aliphatic carbocycles. The van der Waals surface area contributed by atoms with Gasteiger partial charge in [0, 0.05) is 13.1 Å². The van der Waals surface area contributed by atoms with Crippen LogP contribution in [0.5, 0.6) is 0 Å². The fourth-order valence-electron chi connectivity index (χ4n) is 3.41. The van der Waals surface area contributed by atoms with Crippen molar-refractivity contribution in [3.63, 3.8) is 0 Å². The van der Waals surface area contributed by atoms with Crippen molar-refractivity contribution >= 4 is 5.91 Å². The zero-order valence-electron chi connectivity index (χ0n) is 12.6. The molecule has 2 saturated heterocycles. The maximum Gasteiger partial charge on any atom is 0.224 e. The average Bonchev–Trinajstić information content (AvgIpc) is 3.22. The maximum atomic E-state index is 12.2. The zero-order chi connectivity index (χ0) is 14.5. The SMILES string of the molecule is O=C(NCC(c1ccccc1)N1CCCC1)C1CCNC1. The summed E-state index contributed by atoms with van der Waals surface area (Å²) >= 11 is 0. The Labute approximate surface area is 126 Å². The summed E-state index contributed by atoms with van der Waals surface area (Å²) in [7, 11) is 0. The van der Waals surface area contributed by atoms with Gasteiger partial charge in [-0.1, -0.05) is 30.3 Å². The summed E-state index contributed by atoms with van der Waals surface area (Å²) < 4.78 is 0.